The number of nitrogens with zero attached hydrogens (tertiary/aromatic N) is 1. The second kappa shape index (κ2) is 7.77. The van der Waals surface area contributed by atoms with E-state index in [1.165, 1.54) is 0 Å². The Labute approximate surface area is 164 Å². The molecule has 2 N–H and O–H groups in total. The molecule has 2 heterocycles. The molecule has 0 fully saturated rings. The van der Waals surface area contributed by atoms with Gasteiger partial charge in [0.05, 0.1) is 24.7 Å². The number of hydrogen-bond donors (Lipinski definition) is 2. The molecule has 8 nitrogen and oxygen atoms in total. The van der Waals surface area contributed by atoms with Crippen molar-refractivity contribution in [2.75, 3.05) is 18.5 Å². The molecule has 28 heavy (non-hydrogen) atoms. The zero-order valence-electron chi connectivity index (χ0n) is 14.7. The molecule has 1 aliphatic rings. The molecular formula is C19H16ClN3O5. The lowest BCUT2D eigenvalue weighted by molar-refractivity contribution is -0.115. The number of amides is 1. The monoisotopic (exact) mass is 401 g/mol. The van der Waals surface area contributed by atoms with Gasteiger partial charge in [0.15, 0.2) is 17.3 Å². The normalized spacial score (nSPS) is 13.0. The predicted molar refractivity (Wildman–Crippen MR) is 102 cm³/mol. The molecular weight excluding hydrogens is 386 g/mol. The topological polar surface area (TPSA) is 106 Å². The smallest absolute Gasteiger partial charge is 0.439 e. The van der Waals surface area contributed by atoms with Crippen molar-refractivity contribution in [3.05, 3.63) is 57.5 Å². The van der Waals surface area contributed by atoms with E-state index < -0.39 is 5.76 Å². The third-order valence-electron chi connectivity index (χ3n) is 4.09. The summed E-state index contributed by atoms with van der Waals surface area (Å²) in [5.41, 5.74) is 1.89. The molecule has 0 saturated carbocycles. The van der Waals surface area contributed by atoms with Crippen molar-refractivity contribution in [2.24, 2.45) is 0 Å². The second-order valence-corrected chi connectivity index (χ2v) is 6.61. The summed E-state index contributed by atoms with van der Waals surface area (Å²) in [4.78, 5) is 26.0. The van der Waals surface area contributed by atoms with Gasteiger partial charge in [0.25, 0.3) is 0 Å². The lowest BCUT2D eigenvalue weighted by Gasteiger charge is -2.12. The van der Waals surface area contributed by atoms with Gasteiger partial charge in [-0.1, -0.05) is 28.9 Å². The van der Waals surface area contributed by atoms with E-state index in [-0.39, 0.29) is 18.2 Å². The van der Waals surface area contributed by atoms with Gasteiger partial charge in [-0.25, -0.2) is 4.79 Å². The highest BCUT2D eigenvalue weighted by Crippen LogP contribution is 2.38. The quantitative estimate of drug-likeness (QED) is 0.696. The van der Waals surface area contributed by atoms with Crippen LogP contribution in [-0.2, 0) is 11.2 Å². The van der Waals surface area contributed by atoms with Crippen molar-refractivity contribution in [1.82, 2.24) is 10.1 Å². The summed E-state index contributed by atoms with van der Waals surface area (Å²) in [5, 5.41) is 6.87. The molecule has 3 aromatic rings. The first kappa shape index (κ1) is 18.1. The summed E-state index contributed by atoms with van der Waals surface area (Å²) in [6, 6.07) is 10.4. The number of aromatic nitrogens is 2. The molecule has 0 aliphatic carbocycles. The van der Waals surface area contributed by atoms with E-state index in [2.05, 4.69) is 20.0 Å². The van der Waals surface area contributed by atoms with Crippen molar-refractivity contribution >= 4 is 23.2 Å². The van der Waals surface area contributed by atoms with Gasteiger partial charge in [-0.05, 0) is 29.8 Å². The zero-order chi connectivity index (χ0) is 19.5. The van der Waals surface area contributed by atoms with Crippen LogP contribution >= 0.6 is 11.6 Å². The Morgan fingerprint density at radius 2 is 2.07 bits per heavy atom. The number of fused-ring (bicyclic) bond motifs is 1. The maximum atomic E-state index is 12.5. The minimum atomic E-state index is -0.643. The molecule has 144 valence electrons. The molecule has 4 rings (SSSR count). The fourth-order valence-corrected chi connectivity index (χ4v) is 3.16. The number of anilines is 1. The van der Waals surface area contributed by atoms with Crippen LogP contribution < -0.4 is 20.5 Å². The number of carbonyl (C=O) groups excluding carboxylic acids is 1. The van der Waals surface area contributed by atoms with Gasteiger partial charge >= 0.3 is 5.76 Å². The van der Waals surface area contributed by atoms with Gasteiger partial charge in [0.2, 0.25) is 5.91 Å². The van der Waals surface area contributed by atoms with E-state index in [0.717, 1.165) is 6.42 Å². The van der Waals surface area contributed by atoms with E-state index >= 15 is 0 Å². The van der Waals surface area contributed by atoms with E-state index in [1.807, 2.05) is 0 Å². The number of halogens is 1. The molecule has 2 aromatic carbocycles. The van der Waals surface area contributed by atoms with Crippen LogP contribution in [0, 0.1) is 0 Å². The Hall–Kier alpha value is -3.26. The summed E-state index contributed by atoms with van der Waals surface area (Å²) < 4.78 is 15.7. The van der Waals surface area contributed by atoms with E-state index in [9.17, 15) is 9.59 Å². The Kier molecular flexibility index (Phi) is 5.03. The fraction of sp³-hybridized carbons (Fsp3) is 0.211. The lowest BCUT2D eigenvalue weighted by Crippen LogP contribution is -2.14. The summed E-state index contributed by atoms with van der Waals surface area (Å²) in [6.07, 6.45) is 0.884. The molecule has 0 unspecified atom stereocenters. The molecule has 1 amide bonds. The molecule has 0 bridgehead atoms. The number of hydrogen-bond acceptors (Lipinski definition) is 6. The third kappa shape index (κ3) is 4.01. The Morgan fingerprint density at radius 1 is 1.21 bits per heavy atom. The SMILES string of the molecule is O=C(Cc1cc(Cl)c2c(c1)OCCCO2)Nc1cccc(-c2noc(=O)[nH]2)c1. The number of carbonyl (C=O) groups is 1. The average molecular weight is 402 g/mol. The van der Waals surface area contributed by atoms with E-state index in [0.29, 0.717) is 46.5 Å². The highest BCUT2D eigenvalue weighted by molar-refractivity contribution is 6.32. The average Bonchev–Trinajstić information content (AvgIpc) is 2.95. The van der Waals surface area contributed by atoms with Crippen LogP contribution in [0.15, 0.2) is 45.7 Å². The molecule has 0 spiro atoms. The van der Waals surface area contributed by atoms with Crippen LogP contribution in [0.25, 0.3) is 11.4 Å². The van der Waals surface area contributed by atoms with Crippen molar-refractivity contribution in [3.63, 3.8) is 0 Å². The number of rotatable bonds is 4. The maximum Gasteiger partial charge on any atom is 0.439 e. The Morgan fingerprint density at radius 3 is 2.89 bits per heavy atom. The zero-order valence-corrected chi connectivity index (χ0v) is 15.4. The molecule has 0 atom stereocenters. The first-order valence-corrected chi connectivity index (χ1v) is 9.00. The van der Waals surface area contributed by atoms with Gasteiger partial charge in [-0.15, -0.1) is 0 Å². The Balaban J connectivity index is 1.48. The number of ether oxygens (including phenoxy) is 2. The van der Waals surface area contributed by atoms with Gasteiger partial charge < -0.3 is 14.8 Å². The number of benzene rings is 2. The molecule has 9 heteroatoms. The summed E-state index contributed by atoms with van der Waals surface area (Å²) >= 11 is 6.27. The minimum Gasteiger partial charge on any atom is -0.489 e. The Bertz CT molecular complexity index is 1080. The van der Waals surface area contributed by atoms with E-state index in [4.69, 9.17) is 21.1 Å². The maximum absolute atomic E-state index is 12.5. The number of nitrogens with one attached hydrogen (secondary N) is 2. The molecule has 1 aliphatic heterocycles. The minimum absolute atomic E-state index is 0.112. The van der Waals surface area contributed by atoms with Crippen molar-refractivity contribution in [3.8, 4) is 22.9 Å². The third-order valence-corrected chi connectivity index (χ3v) is 4.37. The van der Waals surface area contributed by atoms with Crippen molar-refractivity contribution in [1.29, 1.82) is 0 Å². The summed E-state index contributed by atoms with van der Waals surface area (Å²) in [6.45, 7) is 1.08. The highest BCUT2D eigenvalue weighted by Gasteiger charge is 2.17. The second-order valence-electron chi connectivity index (χ2n) is 6.20. The summed E-state index contributed by atoms with van der Waals surface area (Å²) in [7, 11) is 0. The molecule has 0 saturated heterocycles. The van der Waals surface area contributed by atoms with Gasteiger partial charge in [0, 0.05) is 17.7 Å². The number of aromatic amines is 1. The van der Waals surface area contributed by atoms with Crippen LogP contribution in [0.3, 0.4) is 0 Å². The molecule has 0 radical (unpaired) electrons. The standard InChI is InChI=1S/C19H16ClN3O5/c20-14-7-11(8-15-17(14)27-6-2-5-26-15)9-16(24)21-13-4-1-3-12(10-13)18-22-19(25)28-23-18/h1,3-4,7-8,10H,2,5-6,9H2,(H,21,24)(H,22,23,25). The van der Waals surface area contributed by atoms with Crippen LogP contribution in [-0.4, -0.2) is 29.3 Å². The number of H-pyrrole nitrogens is 1. The summed E-state index contributed by atoms with van der Waals surface area (Å²) in [5.74, 6) is 0.477. The van der Waals surface area contributed by atoms with Crippen LogP contribution in [0.1, 0.15) is 12.0 Å². The fourth-order valence-electron chi connectivity index (χ4n) is 2.88. The largest absolute Gasteiger partial charge is 0.489 e. The van der Waals surface area contributed by atoms with E-state index in [1.54, 1.807) is 36.4 Å². The van der Waals surface area contributed by atoms with Crippen molar-refractivity contribution < 1.29 is 18.8 Å². The van der Waals surface area contributed by atoms with Gasteiger partial charge in [-0.2, -0.15) is 0 Å². The highest BCUT2D eigenvalue weighted by atomic mass is 35.5. The molecule has 1 aromatic heterocycles. The van der Waals surface area contributed by atoms with Crippen LogP contribution in [0.2, 0.25) is 5.02 Å². The van der Waals surface area contributed by atoms with Crippen LogP contribution in [0.5, 0.6) is 11.5 Å². The first-order chi connectivity index (χ1) is 13.6. The van der Waals surface area contributed by atoms with Gasteiger partial charge in [-0.3, -0.25) is 14.3 Å². The van der Waals surface area contributed by atoms with Crippen molar-refractivity contribution in [2.45, 2.75) is 12.8 Å². The predicted octanol–water partition coefficient (Wildman–Crippen LogP) is 3.03. The lowest BCUT2D eigenvalue weighted by atomic mass is 10.1. The van der Waals surface area contributed by atoms with Gasteiger partial charge in [0.1, 0.15) is 0 Å². The first-order valence-electron chi connectivity index (χ1n) is 8.63. The van der Waals surface area contributed by atoms with Crippen LogP contribution in [0.4, 0.5) is 5.69 Å².